The Morgan fingerprint density at radius 3 is 1.12 bits per heavy atom. The van der Waals surface area contributed by atoms with Gasteiger partial charge in [-0.15, -0.1) is 0 Å². The molecule has 0 unspecified atom stereocenters. The molecule has 0 aliphatic rings. The third-order valence-electron chi connectivity index (χ3n) is 14.3. The average Bonchev–Trinajstić information content (AvgIpc) is 3.34. The van der Waals surface area contributed by atoms with Crippen molar-refractivity contribution in [3.05, 3.63) is 132 Å². The minimum absolute atomic E-state index is 0.393. The number of unbranched alkanes of at least 4 members (excludes halogenated alkanes) is 24. The van der Waals surface area contributed by atoms with E-state index in [2.05, 4.69) is 69.3 Å². The van der Waals surface area contributed by atoms with Gasteiger partial charge in [0.25, 0.3) is 0 Å². The molecule has 5 heteroatoms. The normalized spacial score (nSPS) is 12.7. The standard InChI is InChI=1S/C60H87O3PS/c1-4-7-9-11-13-15-17-19-21-23-25-27-32-42-53-52-54-43-40-41-51-59(54)60(58(53)50-39-28-26-24-22-20-18-16-14-12-10-8-5-2)65(61,62)63-64(6-3,55-44-33-29-34-45-55,56-46-35-30-36-47-56)57-48-37-31-38-49-57/h29-31,33-38,40-41,43-49,51-52H,4-28,32,39,42,50H2,1-3H3. The topological polar surface area (TPSA) is 43.4 Å². The molecular formula is C60H87O3PS. The van der Waals surface area contributed by atoms with Crippen molar-refractivity contribution < 1.29 is 12.4 Å². The van der Waals surface area contributed by atoms with Gasteiger partial charge in [-0.25, -0.2) is 0 Å². The van der Waals surface area contributed by atoms with E-state index >= 15 is 8.42 Å². The second-order valence-corrected chi connectivity index (χ2v) is 25.6. The number of aryl methyl sites for hydroxylation is 1. The van der Waals surface area contributed by atoms with Crippen LogP contribution in [0, 0.1) is 0 Å². The van der Waals surface area contributed by atoms with Crippen LogP contribution in [0.1, 0.15) is 199 Å². The second-order valence-electron chi connectivity index (χ2n) is 19.1. The Hall–Kier alpha value is -3.30. The first kappa shape index (κ1) is 52.7. The summed E-state index contributed by atoms with van der Waals surface area (Å²) in [4.78, 5) is 0.393. The number of fused-ring (bicyclic) bond motifs is 1. The zero-order valence-corrected chi connectivity index (χ0v) is 42.8. The van der Waals surface area contributed by atoms with Gasteiger partial charge in [0, 0.05) is 0 Å². The van der Waals surface area contributed by atoms with Gasteiger partial charge in [0.2, 0.25) is 0 Å². The molecule has 0 radical (unpaired) electrons. The predicted octanol–water partition coefficient (Wildman–Crippen LogP) is 17.3. The van der Waals surface area contributed by atoms with E-state index in [1.54, 1.807) is 0 Å². The third-order valence-corrected chi connectivity index (χ3v) is 22.7. The van der Waals surface area contributed by atoms with Crippen LogP contribution in [0.4, 0.5) is 0 Å². The van der Waals surface area contributed by atoms with Gasteiger partial charge in [-0.1, -0.05) is 97.3 Å². The van der Waals surface area contributed by atoms with Gasteiger partial charge in [-0.05, 0) is 0 Å². The summed E-state index contributed by atoms with van der Waals surface area (Å²) in [6, 6.07) is 41.2. The second kappa shape index (κ2) is 28.8. The van der Waals surface area contributed by atoms with E-state index in [0.717, 1.165) is 64.4 Å². The Labute approximate surface area is 398 Å². The number of hydrogen-bond acceptors (Lipinski definition) is 3. The smallest absolute Gasteiger partial charge is 0.0654 e. The first-order valence-corrected chi connectivity index (χ1v) is 30.3. The minimum atomic E-state index is -4.38. The molecule has 0 amide bonds. The van der Waals surface area contributed by atoms with Crippen molar-refractivity contribution in [2.24, 2.45) is 0 Å². The van der Waals surface area contributed by atoms with Crippen molar-refractivity contribution in [3.63, 3.8) is 0 Å². The SMILES string of the molecule is CCCCCCCCCCCCCCCc1cc2ccccc2c(S(=O)(=O)OP(CC)(c2ccccc2)(c2ccccc2)c2ccccc2)c1CCCCCCCCCCCCCCC. The summed E-state index contributed by atoms with van der Waals surface area (Å²) < 4.78 is 39.6. The van der Waals surface area contributed by atoms with Crippen LogP contribution >= 0.6 is 6.83 Å². The van der Waals surface area contributed by atoms with Gasteiger partial charge >= 0.3 is 303 Å². The van der Waals surface area contributed by atoms with Crippen LogP contribution in [0.25, 0.3) is 10.8 Å². The fourth-order valence-electron chi connectivity index (χ4n) is 10.5. The molecule has 0 N–H and O–H groups in total. The molecule has 5 aromatic rings. The van der Waals surface area contributed by atoms with Crippen molar-refractivity contribution in [2.45, 2.75) is 205 Å². The molecule has 0 aliphatic heterocycles. The van der Waals surface area contributed by atoms with E-state index in [1.165, 1.54) is 153 Å². The van der Waals surface area contributed by atoms with Crippen LogP contribution in [-0.2, 0) is 26.9 Å². The molecule has 65 heavy (non-hydrogen) atoms. The van der Waals surface area contributed by atoms with E-state index in [9.17, 15) is 0 Å². The molecule has 0 saturated carbocycles. The molecule has 5 aromatic carbocycles. The van der Waals surface area contributed by atoms with Crippen molar-refractivity contribution in [1.82, 2.24) is 0 Å². The maximum absolute atomic E-state index is 16.1. The Morgan fingerprint density at radius 2 is 0.738 bits per heavy atom. The van der Waals surface area contributed by atoms with Crippen LogP contribution in [0.5, 0.6) is 0 Å². The molecule has 0 spiro atoms. The van der Waals surface area contributed by atoms with Crippen LogP contribution < -0.4 is 15.9 Å². The van der Waals surface area contributed by atoms with Gasteiger partial charge in [-0.3, -0.25) is 0 Å². The maximum atomic E-state index is 16.1. The summed E-state index contributed by atoms with van der Waals surface area (Å²) in [6.07, 6.45) is 35.9. The van der Waals surface area contributed by atoms with Crippen molar-refractivity contribution in [1.29, 1.82) is 0 Å². The summed E-state index contributed by atoms with van der Waals surface area (Å²) >= 11 is 0. The first-order chi connectivity index (χ1) is 31.9. The molecule has 0 aliphatic carbocycles. The van der Waals surface area contributed by atoms with E-state index in [1.807, 2.05) is 72.8 Å². The number of benzene rings is 5. The van der Waals surface area contributed by atoms with Gasteiger partial charge < -0.3 is 0 Å². The monoisotopic (exact) mass is 919 g/mol. The van der Waals surface area contributed by atoms with E-state index < -0.39 is 16.9 Å². The quantitative estimate of drug-likeness (QED) is 0.0300. The molecule has 5 rings (SSSR count). The summed E-state index contributed by atoms with van der Waals surface area (Å²) in [5.74, 6) is 0. The third kappa shape index (κ3) is 14.8. The van der Waals surface area contributed by atoms with Crippen LogP contribution in [0.15, 0.2) is 126 Å². The molecule has 0 heterocycles. The van der Waals surface area contributed by atoms with E-state index in [-0.39, 0.29) is 0 Å². The van der Waals surface area contributed by atoms with Crippen molar-refractivity contribution >= 4 is 43.6 Å². The molecule has 3 nitrogen and oxygen atoms in total. The van der Waals surface area contributed by atoms with Gasteiger partial charge in [0.05, 0.1) is 0 Å². The average molecular weight is 919 g/mol. The van der Waals surface area contributed by atoms with Gasteiger partial charge in [0.15, 0.2) is 0 Å². The summed E-state index contributed by atoms with van der Waals surface area (Å²) in [5, 5.41) is 4.52. The first-order valence-electron chi connectivity index (χ1n) is 26.6. The van der Waals surface area contributed by atoms with Crippen LogP contribution in [0.3, 0.4) is 0 Å². The molecule has 0 bridgehead atoms. The Balaban J connectivity index is 1.43. The van der Waals surface area contributed by atoms with Crippen molar-refractivity contribution in [2.75, 3.05) is 6.16 Å². The number of hydrogen-bond donors (Lipinski definition) is 0. The molecule has 356 valence electrons. The van der Waals surface area contributed by atoms with Crippen molar-refractivity contribution in [3.8, 4) is 0 Å². The van der Waals surface area contributed by atoms with Crippen LogP contribution in [-0.4, -0.2) is 14.6 Å². The van der Waals surface area contributed by atoms with Gasteiger partial charge in [0.1, 0.15) is 0 Å². The zero-order chi connectivity index (χ0) is 45.9. The molecule has 0 saturated heterocycles. The summed E-state index contributed by atoms with van der Waals surface area (Å²) in [6.45, 7) is 2.55. The van der Waals surface area contributed by atoms with Gasteiger partial charge in [-0.2, -0.15) is 0 Å². The number of rotatable bonds is 35. The fourth-order valence-corrected chi connectivity index (χ4v) is 19.4. The fraction of sp³-hybridized carbons (Fsp3) is 0.533. The summed E-state index contributed by atoms with van der Waals surface area (Å²) in [5.41, 5.74) is 2.16. The van der Waals surface area contributed by atoms with E-state index in [0.29, 0.717) is 11.1 Å². The van der Waals surface area contributed by atoms with E-state index in [4.69, 9.17) is 3.97 Å². The molecule has 0 aromatic heterocycles. The Morgan fingerprint density at radius 1 is 0.400 bits per heavy atom. The molecule has 0 fully saturated rings. The zero-order valence-electron chi connectivity index (χ0n) is 41.1. The van der Waals surface area contributed by atoms with Crippen LogP contribution in [0.2, 0.25) is 0 Å². The summed E-state index contributed by atoms with van der Waals surface area (Å²) in [7, 11) is -4.38. The Kier molecular flexibility index (Phi) is 23.3. The predicted molar refractivity (Wildman–Crippen MR) is 287 cm³/mol. The minimum Gasteiger partial charge on any atom is -0.0654 e. The molecular weight excluding hydrogens is 832 g/mol. The molecule has 0 atom stereocenters. The Bertz CT molecular complexity index is 2050.